The molecule has 1 aliphatic carbocycles. The Morgan fingerprint density at radius 2 is 2.00 bits per heavy atom. The van der Waals surface area contributed by atoms with Gasteiger partial charge < -0.3 is 9.88 Å². The highest BCUT2D eigenvalue weighted by Crippen LogP contribution is 2.42. The molecule has 2 fully saturated rings. The molecule has 2 aromatic heterocycles. The van der Waals surface area contributed by atoms with Crippen molar-refractivity contribution in [1.82, 2.24) is 30.0 Å². The number of aromatic nitrogens is 5. The molecule has 0 bridgehead atoms. The van der Waals surface area contributed by atoms with Crippen LogP contribution in [0.15, 0.2) is 22.7 Å². The summed E-state index contributed by atoms with van der Waals surface area (Å²) in [5.74, 6) is 1.64. The Labute approximate surface area is 138 Å². The SMILES string of the molecule is Clc1cncnc1Sc1nnc(C2CCNCC2)n1C1CC1. The second kappa shape index (κ2) is 6.14. The topological polar surface area (TPSA) is 68.5 Å². The number of rotatable bonds is 4. The fourth-order valence-electron chi connectivity index (χ4n) is 2.86. The van der Waals surface area contributed by atoms with Crippen molar-refractivity contribution in [3.8, 4) is 0 Å². The van der Waals surface area contributed by atoms with Crippen LogP contribution in [-0.4, -0.2) is 37.8 Å². The van der Waals surface area contributed by atoms with Gasteiger partial charge in [-0.25, -0.2) is 9.97 Å². The van der Waals surface area contributed by atoms with Gasteiger partial charge in [0.15, 0.2) is 5.16 Å². The summed E-state index contributed by atoms with van der Waals surface area (Å²) >= 11 is 7.65. The average molecular weight is 337 g/mol. The van der Waals surface area contributed by atoms with Gasteiger partial charge in [0.05, 0.1) is 11.2 Å². The zero-order chi connectivity index (χ0) is 14.9. The Balaban J connectivity index is 1.65. The van der Waals surface area contributed by atoms with Crippen molar-refractivity contribution in [2.45, 2.75) is 47.8 Å². The van der Waals surface area contributed by atoms with E-state index in [0.717, 1.165) is 41.9 Å². The maximum absolute atomic E-state index is 6.17. The second-order valence-electron chi connectivity index (χ2n) is 5.74. The lowest BCUT2D eigenvalue weighted by Crippen LogP contribution is -2.28. The van der Waals surface area contributed by atoms with Crippen LogP contribution >= 0.6 is 23.4 Å². The molecule has 0 atom stereocenters. The molecule has 22 heavy (non-hydrogen) atoms. The van der Waals surface area contributed by atoms with Crippen molar-refractivity contribution < 1.29 is 0 Å². The normalized spacial score (nSPS) is 19.5. The molecule has 1 aliphatic heterocycles. The molecule has 6 nitrogen and oxygen atoms in total. The summed E-state index contributed by atoms with van der Waals surface area (Å²) in [6.07, 6.45) is 7.80. The van der Waals surface area contributed by atoms with Crippen molar-refractivity contribution in [3.63, 3.8) is 0 Å². The largest absolute Gasteiger partial charge is 0.317 e. The van der Waals surface area contributed by atoms with Crippen LogP contribution < -0.4 is 5.32 Å². The van der Waals surface area contributed by atoms with E-state index < -0.39 is 0 Å². The van der Waals surface area contributed by atoms with Gasteiger partial charge in [-0.15, -0.1) is 10.2 Å². The van der Waals surface area contributed by atoms with Gasteiger partial charge in [-0.1, -0.05) is 11.6 Å². The van der Waals surface area contributed by atoms with Crippen LogP contribution in [0.1, 0.15) is 43.5 Å². The Hall–Kier alpha value is -1.18. The lowest BCUT2D eigenvalue weighted by atomic mass is 9.97. The minimum absolute atomic E-state index is 0.504. The van der Waals surface area contributed by atoms with E-state index >= 15 is 0 Å². The minimum atomic E-state index is 0.504. The highest BCUT2D eigenvalue weighted by molar-refractivity contribution is 7.99. The summed E-state index contributed by atoms with van der Waals surface area (Å²) < 4.78 is 2.32. The Bertz CT molecular complexity index is 665. The highest BCUT2D eigenvalue weighted by Gasteiger charge is 2.33. The van der Waals surface area contributed by atoms with Crippen molar-refractivity contribution in [2.24, 2.45) is 0 Å². The molecule has 1 saturated carbocycles. The van der Waals surface area contributed by atoms with E-state index in [1.54, 1.807) is 6.20 Å². The second-order valence-corrected chi connectivity index (χ2v) is 7.11. The van der Waals surface area contributed by atoms with Gasteiger partial charge in [0.25, 0.3) is 0 Å². The molecular weight excluding hydrogens is 320 g/mol. The highest BCUT2D eigenvalue weighted by atomic mass is 35.5. The summed E-state index contributed by atoms with van der Waals surface area (Å²) in [4.78, 5) is 8.17. The Morgan fingerprint density at radius 3 is 2.73 bits per heavy atom. The van der Waals surface area contributed by atoms with Gasteiger partial charge in [0.1, 0.15) is 17.2 Å². The summed E-state index contributed by atoms with van der Waals surface area (Å²) in [6.45, 7) is 2.12. The van der Waals surface area contributed by atoms with Crippen LogP contribution in [0.3, 0.4) is 0 Å². The number of hydrogen-bond donors (Lipinski definition) is 1. The molecule has 2 aromatic rings. The summed E-state index contributed by atoms with van der Waals surface area (Å²) in [7, 11) is 0. The maximum Gasteiger partial charge on any atom is 0.197 e. The predicted molar refractivity (Wildman–Crippen MR) is 84.3 cm³/mol. The minimum Gasteiger partial charge on any atom is -0.317 e. The van der Waals surface area contributed by atoms with E-state index in [0.29, 0.717) is 17.0 Å². The van der Waals surface area contributed by atoms with Crippen molar-refractivity contribution in [3.05, 3.63) is 23.4 Å². The molecular formula is C14H17ClN6S. The van der Waals surface area contributed by atoms with Crippen LogP contribution in [0, 0.1) is 0 Å². The lowest BCUT2D eigenvalue weighted by Gasteiger charge is -2.22. The number of piperidine rings is 1. The van der Waals surface area contributed by atoms with Crippen molar-refractivity contribution in [1.29, 1.82) is 0 Å². The van der Waals surface area contributed by atoms with E-state index in [9.17, 15) is 0 Å². The van der Waals surface area contributed by atoms with Crippen LogP contribution in [-0.2, 0) is 0 Å². The standard InChI is InChI=1S/C14H17ClN6S/c15-11-7-17-8-18-13(11)22-14-20-19-12(21(14)10-1-2-10)9-3-5-16-6-4-9/h7-10,16H,1-6H2. The third-order valence-corrected chi connectivity index (χ3v) is 5.50. The van der Waals surface area contributed by atoms with E-state index in [1.807, 2.05) is 0 Å². The first-order chi connectivity index (χ1) is 10.8. The fraction of sp³-hybridized carbons (Fsp3) is 0.571. The van der Waals surface area contributed by atoms with Gasteiger partial charge in [-0.05, 0) is 50.5 Å². The van der Waals surface area contributed by atoms with E-state index in [2.05, 4.69) is 30.0 Å². The van der Waals surface area contributed by atoms with Gasteiger partial charge in [0.2, 0.25) is 0 Å². The fourth-order valence-corrected chi connectivity index (χ4v) is 3.92. The zero-order valence-corrected chi connectivity index (χ0v) is 13.6. The smallest absolute Gasteiger partial charge is 0.197 e. The molecule has 116 valence electrons. The molecule has 0 radical (unpaired) electrons. The van der Waals surface area contributed by atoms with Crippen molar-refractivity contribution >= 4 is 23.4 Å². The van der Waals surface area contributed by atoms with Crippen LogP contribution in [0.25, 0.3) is 0 Å². The first-order valence-corrected chi connectivity index (χ1v) is 8.81. The van der Waals surface area contributed by atoms with Crippen LogP contribution in [0.4, 0.5) is 0 Å². The molecule has 0 amide bonds. The summed E-state index contributed by atoms with van der Waals surface area (Å²) in [5, 5.41) is 14.5. The number of halogens is 1. The maximum atomic E-state index is 6.17. The van der Waals surface area contributed by atoms with Crippen molar-refractivity contribution in [2.75, 3.05) is 13.1 Å². The molecule has 1 saturated heterocycles. The first kappa shape index (κ1) is 14.4. The predicted octanol–water partition coefficient (Wildman–Crippen LogP) is 2.67. The lowest BCUT2D eigenvalue weighted by molar-refractivity contribution is 0.426. The van der Waals surface area contributed by atoms with Crippen LogP contribution in [0.2, 0.25) is 5.02 Å². The van der Waals surface area contributed by atoms with E-state index in [-0.39, 0.29) is 0 Å². The third-order valence-electron chi connectivity index (χ3n) is 4.13. The molecule has 4 rings (SSSR count). The molecule has 3 heterocycles. The number of nitrogens with one attached hydrogen (secondary N) is 1. The monoisotopic (exact) mass is 336 g/mol. The van der Waals surface area contributed by atoms with E-state index in [1.165, 1.54) is 30.9 Å². The number of hydrogen-bond acceptors (Lipinski definition) is 6. The Kier molecular flexibility index (Phi) is 4.02. The zero-order valence-electron chi connectivity index (χ0n) is 12.1. The first-order valence-electron chi connectivity index (χ1n) is 7.62. The summed E-state index contributed by atoms with van der Waals surface area (Å²) in [5.41, 5.74) is 0. The molecule has 8 heteroatoms. The molecule has 0 spiro atoms. The molecule has 2 aliphatic rings. The van der Waals surface area contributed by atoms with Gasteiger partial charge in [-0.3, -0.25) is 0 Å². The third kappa shape index (κ3) is 2.85. The summed E-state index contributed by atoms with van der Waals surface area (Å²) in [6, 6.07) is 0.544. The van der Waals surface area contributed by atoms with Crippen LogP contribution in [0.5, 0.6) is 0 Å². The van der Waals surface area contributed by atoms with E-state index in [4.69, 9.17) is 11.6 Å². The quantitative estimate of drug-likeness (QED) is 0.866. The van der Waals surface area contributed by atoms with Gasteiger partial charge >= 0.3 is 0 Å². The average Bonchev–Trinajstić information content (AvgIpc) is 3.31. The molecule has 0 unspecified atom stereocenters. The van der Waals surface area contributed by atoms with Gasteiger partial charge in [-0.2, -0.15) is 0 Å². The Morgan fingerprint density at radius 1 is 1.18 bits per heavy atom. The number of nitrogens with zero attached hydrogens (tertiary/aromatic N) is 5. The molecule has 1 N–H and O–H groups in total. The molecule has 0 aromatic carbocycles. The van der Waals surface area contributed by atoms with Gasteiger partial charge in [0, 0.05) is 12.0 Å².